The van der Waals surface area contributed by atoms with Crippen molar-refractivity contribution in [1.29, 1.82) is 0 Å². The van der Waals surface area contributed by atoms with Crippen LogP contribution in [-0.4, -0.2) is 15.0 Å². The van der Waals surface area contributed by atoms with Crippen LogP contribution in [0.15, 0.2) is 6.20 Å². The minimum atomic E-state index is -2.81. The van der Waals surface area contributed by atoms with Gasteiger partial charge in [-0.1, -0.05) is 0 Å². The van der Waals surface area contributed by atoms with Crippen molar-refractivity contribution in [3.63, 3.8) is 0 Å². The summed E-state index contributed by atoms with van der Waals surface area (Å²) in [6.07, 6.45) is -2.07. The van der Waals surface area contributed by atoms with Crippen molar-refractivity contribution < 1.29 is 18.8 Å². The molecule has 0 aromatic carbocycles. The Morgan fingerprint density at radius 2 is 2.27 bits per heavy atom. The average Bonchev–Trinajstić information content (AvgIpc) is 2.16. The number of aliphatic hydroxyl groups is 1. The Kier molecular flexibility index (Phi) is 3.25. The van der Waals surface area contributed by atoms with Gasteiger partial charge in [0.25, 0.3) is 12.1 Å². The molecule has 0 saturated heterocycles. The first-order valence-corrected chi connectivity index (χ1v) is 4.00. The highest BCUT2D eigenvalue weighted by molar-refractivity contribution is 5.44. The zero-order chi connectivity index (χ0) is 11.6. The van der Waals surface area contributed by atoms with E-state index >= 15 is 0 Å². The first kappa shape index (κ1) is 11.4. The number of aliphatic hydroxyl groups excluding tert-OH is 1. The predicted molar refractivity (Wildman–Crippen MR) is 46.5 cm³/mol. The van der Waals surface area contributed by atoms with Crippen LogP contribution in [0.5, 0.6) is 0 Å². The van der Waals surface area contributed by atoms with Gasteiger partial charge in [-0.25, -0.2) is 13.8 Å². The van der Waals surface area contributed by atoms with E-state index in [-0.39, 0.29) is 11.1 Å². The maximum absolute atomic E-state index is 12.4. The van der Waals surface area contributed by atoms with Crippen molar-refractivity contribution in [3.8, 4) is 0 Å². The van der Waals surface area contributed by atoms with Gasteiger partial charge in [-0.15, -0.1) is 0 Å². The monoisotopic (exact) mass is 218 g/mol. The number of rotatable bonds is 3. The van der Waals surface area contributed by atoms with Gasteiger partial charge >= 0.3 is 0 Å². The molecule has 1 aromatic rings. The van der Waals surface area contributed by atoms with Crippen LogP contribution in [0.25, 0.3) is 0 Å². The second kappa shape index (κ2) is 4.26. The molecule has 1 rings (SSSR count). The molecule has 0 radical (unpaired) electrons. The molecular weight excluding hydrogens is 210 g/mol. The second-order valence-corrected chi connectivity index (χ2v) is 2.85. The Balaban J connectivity index is 3.39. The smallest absolute Gasteiger partial charge is 0.293 e. The van der Waals surface area contributed by atoms with Gasteiger partial charge in [0.15, 0.2) is 0 Å². The number of aromatic nitrogens is 1. The third kappa shape index (κ3) is 2.07. The minimum absolute atomic E-state index is 0.0401. The Hall–Kier alpha value is -1.63. The Morgan fingerprint density at radius 1 is 1.67 bits per heavy atom. The van der Waals surface area contributed by atoms with E-state index in [1.54, 1.807) is 0 Å². The fraction of sp³-hybridized carbons (Fsp3) is 0.375. The highest BCUT2D eigenvalue weighted by Crippen LogP contribution is 2.28. The lowest BCUT2D eigenvalue weighted by Crippen LogP contribution is -2.04. The highest BCUT2D eigenvalue weighted by atomic mass is 19.3. The van der Waals surface area contributed by atoms with Gasteiger partial charge in [-0.2, -0.15) is 0 Å². The number of nitrogens with zero attached hydrogens (tertiary/aromatic N) is 2. The molecule has 0 spiro atoms. The van der Waals surface area contributed by atoms with Crippen molar-refractivity contribution >= 4 is 5.69 Å². The van der Waals surface area contributed by atoms with Crippen LogP contribution in [0.4, 0.5) is 14.5 Å². The molecular formula is C8H8F2N2O3. The Labute approximate surface area is 83.5 Å². The molecule has 1 aromatic heterocycles. The quantitative estimate of drug-likeness (QED) is 0.619. The normalized spacial score (nSPS) is 10.7. The average molecular weight is 218 g/mol. The minimum Gasteiger partial charge on any atom is -0.391 e. The molecule has 0 saturated carbocycles. The lowest BCUT2D eigenvalue weighted by Gasteiger charge is -2.07. The van der Waals surface area contributed by atoms with Gasteiger partial charge in [0, 0.05) is 0 Å². The molecule has 15 heavy (non-hydrogen) atoms. The molecule has 1 heterocycles. The molecule has 1 N–H and O–H groups in total. The van der Waals surface area contributed by atoms with Crippen LogP contribution in [-0.2, 0) is 6.61 Å². The number of nitro groups is 1. The molecule has 0 bridgehead atoms. The van der Waals surface area contributed by atoms with E-state index in [2.05, 4.69) is 4.98 Å². The number of halogens is 2. The molecule has 0 unspecified atom stereocenters. The molecule has 7 heteroatoms. The van der Waals surface area contributed by atoms with Gasteiger partial charge in [0.05, 0.1) is 17.1 Å². The summed E-state index contributed by atoms with van der Waals surface area (Å²) >= 11 is 0. The van der Waals surface area contributed by atoms with Gasteiger partial charge in [0.1, 0.15) is 11.9 Å². The van der Waals surface area contributed by atoms with E-state index in [1.807, 2.05) is 0 Å². The summed E-state index contributed by atoms with van der Waals surface area (Å²) in [5.41, 5.74) is -1.14. The largest absolute Gasteiger partial charge is 0.391 e. The van der Waals surface area contributed by atoms with E-state index in [1.165, 1.54) is 6.92 Å². The van der Waals surface area contributed by atoms with E-state index in [0.29, 0.717) is 0 Å². The Bertz CT molecular complexity index is 396. The lowest BCUT2D eigenvalue weighted by atomic mass is 10.1. The Morgan fingerprint density at radius 3 is 2.67 bits per heavy atom. The summed E-state index contributed by atoms with van der Waals surface area (Å²) in [6, 6.07) is 0. The molecule has 5 nitrogen and oxygen atoms in total. The number of alkyl halides is 2. The molecule has 0 aliphatic carbocycles. The van der Waals surface area contributed by atoms with Crippen molar-refractivity contribution in [3.05, 3.63) is 33.1 Å². The van der Waals surface area contributed by atoms with E-state index in [0.717, 1.165) is 6.20 Å². The van der Waals surface area contributed by atoms with Crippen LogP contribution >= 0.6 is 0 Å². The maximum Gasteiger partial charge on any atom is 0.293 e. The second-order valence-electron chi connectivity index (χ2n) is 2.85. The summed E-state index contributed by atoms with van der Waals surface area (Å²) in [4.78, 5) is 13.0. The third-order valence-corrected chi connectivity index (χ3v) is 2.03. The SMILES string of the molecule is Cc1c(C(F)F)ncc([N+](=O)[O-])c1CO. The van der Waals surface area contributed by atoms with Crippen molar-refractivity contribution in [2.24, 2.45) is 0 Å². The summed E-state index contributed by atoms with van der Waals surface area (Å²) in [5, 5.41) is 19.4. The van der Waals surface area contributed by atoms with Crippen molar-refractivity contribution in [1.82, 2.24) is 4.98 Å². The summed E-state index contributed by atoms with van der Waals surface area (Å²) in [7, 11) is 0. The van der Waals surface area contributed by atoms with E-state index in [9.17, 15) is 18.9 Å². The third-order valence-electron chi connectivity index (χ3n) is 2.03. The van der Waals surface area contributed by atoms with Crippen LogP contribution < -0.4 is 0 Å². The number of pyridine rings is 1. The summed E-state index contributed by atoms with van der Waals surface area (Å²) in [5.74, 6) is 0. The van der Waals surface area contributed by atoms with Gasteiger partial charge in [-0.05, 0) is 12.5 Å². The maximum atomic E-state index is 12.4. The predicted octanol–water partition coefficient (Wildman–Crippen LogP) is 1.73. The standard InChI is InChI=1S/C8H8F2N2O3/c1-4-5(3-13)6(12(14)15)2-11-7(4)8(9)10/h2,8,13H,3H2,1H3. The zero-order valence-electron chi connectivity index (χ0n) is 7.78. The van der Waals surface area contributed by atoms with E-state index in [4.69, 9.17) is 5.11 Å². The topological polar surface area (TPSA) is 76.3 Å². The van der Waals surface area contributed by atoms with Crippen LogP contribution in [0, 0.1) is 17.0 Å². The van der Waals surface area contributed by atoms with Crippen LogP contribution in [0.2, 0.25) is 0 Å². The number of hydrogen-bond donors (Lipinski definition) is 1. The van der Waals surface area contributed by atoms with Crippen LogP contribution in [0.3, 0.4) is 0 Å². The van der Waals surface area contributed by atoms with Gasteiger partial charge in [0.2, 0.25) is 0 Å². The summed E-state index contributed by atoms with van der Waals surface area (Å²) < 4.78 is 24.7. The summed E-state index contributed by atoms with van der Waals surface area (Å²) in [6.45, 7) is 0.609. The molecule has 0 aliphatic heterocycles. The van der Waals surface area contributed by atoms with E-state index < -0.39 is 29.3 Å². The van der Waals surface area contributed by atoms with Gasteiger partial charge < -0.3 is 5.11 Å². The molecule has 0 aliphatic rings. The van der Waals surface area contributed by atoms with Gasteiger partial charge in [-0.3, -0.25) is 10.1 Å². The number of hydrogen-bond acceptors (Lipinski definition) is 4. The molecule has 82 valence electrons. The fourth-order valence-electron chi connectivity index (χ4n) is 1.23. The molecule has 0 fully saturated rings. The van der Waals surface area contributed by atoms with Crippen molar-refractivity contribution in [2.45, 2.75) is 20.0 Å². The lowest BCUT2D eigenvalue weighted by molar-refractivity contribution is -0.386. The first-order chi connectivity index (χ1) is 6.99. The highest BCUT2D eigenvalue weighted by Gasteiger charge is 2.22. The zero-order valence-corrected chi connectivity index (χ0v) is 7.78. The molecule has 0 amide bonds. The first-order valence-electron chi connectivity index (χ1n) is 4.00. The fourth-order valence-corrected chi connectivity index (χ4v) is 1.23. The van der Waals surface area contributed by atoms with Crippen LogP contribution in [0.1, 0.15) is 23.2 Å². The molecule has 0 atom stereocenters. The van der Waals surface area contributed by atoms with Crippen molar-refractivity contribution in [2.75, 3.05) is 0 Å².